The number of carboxylic acid groups (broad SMARTS) is 4. The van der Waals surface area contributed by atoms with Crippen LogP contribution in [0.2, 0.25) is 0 Å². The molecule has 0 saturated heterocycles. The van der Waals surface area contributed by atoms with E-state index in [2.05, 4.69) is 0 Å². The summed E-state index contributed by atoms with van der Waals surface area (Å²) in [6.07, 6.45) is 0. The summed E-state index contributed by atoms with van der Waals surface area (Å²) in [6, 6.07) is 16.7. The molecular weight excluding hydrogens is 909 g/mol. The minimum Gasteiger partial charge on any atom is -0.744 e. The first-order chi connectivity index (χ1) is 23.6. The van der Waals surface area contributed by atoms with Gasteiger partial charge in [-0.25, -0.2) is 52.8 Å². The molecule has 20 nitrogen and oxygen atoms in total. The second kappa shape index (κ2) is 27.5. The SMILES string of the molecule is O=C(O)c1ccc(S(=O)(=O)[O-])cc1.O=C(O)c1ccc(S(=O)(=O)[O-])cc1.O=C(O)c1cccc(S(=O)(=O)[O-])c1.O=C(O)c1cccc(S(=O)(=O)[O-])c1.[K+].[K+].[Na+].[Na+]. The number of hydrogen-bond donors (Lipinski definition) is 4. The monoisotopic (exact) mass is 928 g/mol. The van der Waals surface area contributed by atoms with E-state index >= 15 is 0 Å². The molecule has 0 aliphatic heterocycles. The Labute approximate surface area is 448 Å². The van der Waals surface area contributed by atoms with Crippen LogP contribution in [-0.4, -0.2) is 96.2 Å². The third-order valence-corrected chi connectivity index (χ3v) is 8.88. The van der Waals surface area contributed by atoms with E-state index in [1.54, 1.807) is 0 Å². The molecule has 0 saturated carbocycles. The zero-order chi connectivity index (χ0) is 40.2. The maximum Gasteiger partial charge on any atom is 1.00 e. The molecule has 4 aromatic rings. The number of rotatable bonds is 8. The van der Waals surface area contributed by atoms with E-state index in [9.17, 15) is 71.1 Å². The Hall–Kier alpha value is -0.327. The van der Waals surface area contributed by atoms with Gasteiger partial charge in [-0.15, -0.1) is 0 Å². The molecule has 0 bridgehead atoms. The van der Waals surface area contributed by atoms with Crippen LogP contribution in [0.3, 0.4) is 0 Å². The van der Waals surface area contributed by atoms with Gasteiger partial charge in [-0.1, -0.05) is 12.1 Å². The molecule has 0 spiro atoms. The van der Waals surface area contributed by atoms with Crippen LogP contribution in [0.25, 0.3) is 0 Å². The minimum atomic E-state index is -4.57. The van der Waals surface area contributed by atoms with Gasteiger partial charge < -0.3 is 38.6 Å². The van der Waals surface area contributed by atoms with Gasteiger partial charge >= 0.3 is 186 Å². The van der Waals surface area contributed by atoms with Crippen molar-refractivity contribution >= 4 is 64.3 Å². The Kier molecular flexibility index (Phi) is 30.6. The second-order valence-electron chi connectivity index (χ2n) is 9.14. The molecular formula is C28H20K2Na2O20S4. The first kappa shape index (κ1) is 62.3. The molecule has 0 aliphatic rings. The van der Waals surface area contributed by atoms with Crippen LogP contribution >= 0.6 is 0 Å². The smallest absolute Gasteiger partial charge is 0.744 e. The van der Waals surface area contributed by atoms with Crippen molar-refractivity contribution in [3.05, 3.63) is 119 Å². The van der Waals surface area contributed by atoms with Gasteiger partial charge in [0.15, 0.2) is 0 Å². The molecule has 4 rings (SSSR count). The maximum atomic E-state index is 10.5. The van der Waals surface area contributed by atoms with Crippen molar-refractivity contribution in [1.82, 2.24) is 0 Å². The van der Waals surface area contributed by atoms with Crippen LogP contribution in [-0.2, 0) is 40.5 Å². The van der Waals surface area contributed by atoms with Gasteiger partial charge in [0, 0.05) is 0 Å². The summed E-state index contributed by atoms with van der Waals surface area (Å²) in [4.78, 5) is 39.5. The minimum absolute atomic E-state index is 0. The van der Waals surface area contributed by atoms with E-state index in [-0.39, 0.29) is 184 Å². The van der Waals surface area contributed by atoms with Gasteiger partial charge in [0.1, 0.15) is 40.5 Å². The van der Waals surface area contributed by atoms with Gasteiger partial charge in [0.05, 0.1) is 41.8 Å². The maximum absolute atomic E-state index is 10.5. The second-order valence-corrected chi connectivity index (χ2v) is 14.7. The molecule has 0 radical (unpaired) electrons. The van der Waals surface area contributed by atoms with E-state index < -0.39 is 83.9 Å². The molecule has 0 amide bonds. The quantitative estimate of drug-likeness (QED) is 0.0941. The topological polar surface area (TPSA) is 378 Å². The zero-order valence-corrected chi connectivity index (χ0v) is 42.7. The van der Waals surface area contributed by atoms with Crippen molar-refractivity contribution < 1.29 is 253 Å². The molecule has 0 aromatic heterocycles. The van der Waals surface area contributed by atoms with Crippen LogP contribution in [0.4, 0.5) is 0 Å². The van der Waals surface area contributed by atoms with Crippen LogP contribution in [0.5, 0.6) is 0 Å². The van der Waals surface area contributed by atoms with Gasteiger partial charge in [-0.3, -0.25) is 0 Å². The van der Waals surface area contributed by atoms with Crippen LogP contribution in [0.15, 0.2) is 117 Å². The number of hydrogen-bond acceptors (Lipinski definition) is 16. The van der Waals surface area contributed by atoms with Crippen LogP contribution < -0.4 is 162 Å². The van der Waals surface area contributed by atoms with E-state index in [1.807, 2.05) is 0 Å². The molecule has 28 heteroatoms. The summed E-state index contributed by atoms with van der Waals surface area (Å²) in [5.41, 5.74) is -0.575. The van der Waals surface area contributed by atoms with Gasteiger partial charge in [0.25, 0.3) is 0 Å². The Morgan fingerprint density at radius 1 is 0.357 bits per heavy atom. The first-order valence-corrected chi connectivity index (χ1v) is 18.4. The molecule has 0 heterocycles. The molecule has 4 N–H and O–H groups in total. The zero-order valence-electron chi connectivity index (χ0n) is 29.2. The molecule has 56 heavy (non-hydrogen) atoms. The number of benzene rings is 4. The standard InChI is InChI=1S/4C7H6O5S.2K.2Na/c2*8-7(9)5-1-3-6(4-2-5)13(10,11)12;2*8-7(9)5-2-1-3-6(4-5)13(10,11)12;;;;/h4*1-4H,(H,8,9)(H,10,11,12);;;;/q;;;;4*+1/p-4. The van der Waals surface area contributed by atoms with E-state index in [1.165, 1.54) is 24.3 Å². The molecule has 0 atom stereocenters. The Morgan fingerprint density at radius 2 is 0.571 bits per heavy atom. The Balaban J connectivity index is -0.000000314. The van der Waals surface area contributed by atoms with E-state index in [0.717, 1.165) is 72.8 Å². The van der Waals surface area contributed by atoms with Crippen LogP contribution in [0.1, 0.15) is 41.4 Å². The molecule has 280 valence electrons. The summed E-state index contributed by atoms with van der Waals surface area (Å²) in [6.45, 7) is 0. The van der Waals surface area contributed by atoms with Gasteiger partial charge in [-0.2, -0.15) is 0 Å². The fourth-order valence-corrected chi connectivity index (χ4v) is 5.07. The van der Waals surface area contributed by atoms with Crippen LogP contribution in [0, 0.1) is 0 Å². The fourth-order valence-electron chi connectivity index (χ4n) is 3.10. The molecule has 0 fully saturated rings. The molecule has 4 aromatic carbocycles. The summed E-state index contributed by atoms with van der Waals surface area (Å²) in [5, 5.41) is 33.9. The van der Waals surface area contributed by atoms with E-state index in [4.69, 9.17) is 20.4 Å². The molecule has 0 aliphatic carbocycles. The first-order valence-electron chi connectivity index (χ1n) is 12.8. The van der Waals surface area contributed by atoms with Crippen molar-refractivity contribution in [2.24, 2.45) is 0 Å². The van der Waals surface area contributed by atoms with Gasteiger partial charge in [-0.05, 0) is 84.9 Å². The summed E-state index contributed by atoms with van der Waals surface area (Å²) in [5.74, 6) is -4.89. The molecule has 0 unspecified atom stereocenters. The fraction of sp³-hybridized carbons (Fsp3) is 0. The van der Waals surface area contributed by atoms with Gasteiger partial charge in [0.2, 0.25) is 0 Å². The normalized spacial score (nSPS) is 10.4. The Morgan fingerprint density at radius 3 is 0.750 bits per heavy atom. The largest absolute Gasteiger partial charge is 1.00 e. The number of aromatic carboxylic acids is 4. The summed E-state index contributed by atoms with van der Waals surface area (Å²) < 4.78 is 125. The average molecular weight is 929 g/mol. The van der Waals surface area contributed by atoms with Crippen molar-refractivity contribution in [3.8, 4) is 0 Å². The van der Waals surface area contributed by atoms with Crippen molar-refractivity contribution in [2.45, 2.75) is 19.6 Å². The Bertz CT molecular complexity index is 2240. The average Bonchev–Trinajstić information content (AvgIpc) is 3.04. The van der Waals surface area contributed by atoms with Crippen molar-refractivity contribution in [1.29, 1.82) is 0 Å². The van der Waals surface area contributed by atoms with Crippen molar-refractivity contribution in [2.75, 3.05) is 0 Å². The predicted octanol–water partition coefficient (Wildman–Crippen LogP) is -10.8. The summed E-state index contributed by atoms with van der Waals surface area (Å²) >= 11 is 0. The summed E-state index contributed by atoms with van der Waals surface area (Å²) in [7, 11) is -18.1. The predicted molar refractivity (Wildman–Crippen MR) is 165 cm³/mol. The van der Waals surface area contributed by atoms with E-state index in [0.29, 0.717) is 0 Å². The van der Waals surface area contributed by atoms with Crippen molar-refractivity contribution in [3.63, 3.8) is 0 Å². The number of carbonyl (C=O) groups is 4. The third-order valence-electron chi connectivity index (χ3n) is 5.52. The number of carboxylic acids is 4. The third kappa shape index (κ3) is 23.5.